The fourth-order valence-electron chi connectivity index (χ4n) is 5.52. The Morgan fingerprint density at radius 3 is 2.42 bits per heavy atom. The van der Waals surface area contributed by atoms with Crippen LogP contribution in [0, 0.1) is 19.8 Å². The highest BCUT2D eigenvalue weighted by Crippen LogP contribution is 2.36. The van der Waals surface area contributed by atoms with E-state index in [4.69, 9.17) is 0 Å². The minimum atomic E-state index is 0.126. The van der Waals surface area contributed by atoms with Gasteiger partial charge in [0.2, 0.25) is 0 Å². The maximum absolute atomic E-state index is 4.63. The molecule has 1 aromatic heterocycles. The Balaban J connectivity index is 1.37. The maximum atomic E-state index is 4.63. The number of aromatic nitrogens is 4. The highest BCUT2D eigenvalue weighted by molar-refractivity contribution is 5.49. The van der Waals surface area contributed by atoms with Crippen molar-refractivity contribution in [3.05, 3.63) is 101 Å². The normalized spacial score (nSPS) is 20.1. The first-order valence-electron chi connectivity index (χ1n) is 13.0. The summed E-state index contributed by atoms with van der Waals surface area (Å²) >= 11 is 0. The molecule has 0 saturated carbocycles. The van der Waals surface area contributed by atoms with Gasteiger partial charge in [-0.1, -0.05) is 84.5 Å². The summed E-state index contributed by atoms with van der Waals surface area (Å²) in [6.07, 6.45) is 12.4. The number of hydrogen-bond acceptors (Lipinski definition) is 5. The molecule has 36 heavy (non-hydrogen) atoms. The van der Waals surface area contributed by atoms with Gasteiger partial charge < -0.3 is 0 Å². The molecule has 2 heterocycles. The summed E-state index contributed by atoms with van der Waals surface area (Å²) in [7, 11) is 0. The quantitative estimate of drug-likeness (QED) is 0.467. The van der Waals surface area contributed by atoms with Crippen molar-refractivity contribution < 1.29 is 0 Å². The fraction of sp³-hybridized carbons (Fsp3) is 0.367. The van der Waals surface area contributed by atoms with E-state index in [0.29, 0.717) is 5.92 Å². The van der Waals surface area contributed by atoms with E-state index >= 15 is 0 Å². The molecule has 6 heteroatoms. The molecule has 1 saturated heterocycles. The third kappa shape index (κ3) is 5.40. The molecule has 0 spiro atoms. The highest BCUT2D eigenvalue weighted by atomic mass is 15.6. The van der Waals surface area contributed by atoms with E-state index in [1.165, 1.54) is 22.3 Å². The van der Waals surface area contributed by atoms with Crippen molar-refractivity contribution in [2.75, 3.05) is 32.7 Å². The van der Waals surface area contributed by atoms with Gasteiger partial charge in [0.05, 0.1) is 11.7 Å². The lowest BCUT2D eigenvalue weighted by atomic mass is 9.88. The van der Waals surface area contributed by atoms with Crippen molar-refractivity contribution in [2.45, 2.75) is 33.2 Å². The molecule has 1 aliphatic heterocycles. The van der Waals surface area contributed by atoms with Crippen molar-refractivity contribution in [2.24, 2.45) is 5.92 Å². The maximum Gasteiger partial charge on any atom is 0.174 e. The van der Waals surface area contributed by atoms with Crippen LogP contribution < -0.4 is 0 Å². The first-order valence-corrected chi connectivity index (χ1v) is 13.0. The molecule has 0 amide bonds. The van der Waals surface area contributed by atoms with Crippen LogP contribution in [0.2, 0.25) is 0 Å². The summed E-state index contributed by atoms with van der Waals surface area (Å²) in [5.41, 5.74) is 6.04. The molecule has 186 valence electrons. The first-order chi connectivity index (χ1) is 17.6. The SMILES string of the molecule is CC1=CC([C@@H](c2nnnn2-c2c(C)cccc2C)N2CCN(C/C=C/c3ccccc3)CC2)CC=C1. The van der Waals surface area contributed by atoms with Crippen LogP contribution in [0.1, 0.15) is 41.9 Å². The molecule has 1 unspecified atom stereocenters. The van der Waals surface area contributed by atoms with Gasteiger partial charge in [-0.15, -0.1) is 5.10 Å². The van der Waals surface area contributed by atoms with Crippen LogP contribution in [0.5, 0.6) is 0 Å². The second-order valence-corrected chi connectivity index (χ2v) is 10.00. The number of aryl methyl sites for hydroxylation is 2. The first kappa shape index (κ1) is 24.3. The largest absolute Gasteiger partial charge is 0.297 e. The van der Waals surface area contributed by atoms with Crippen molar-refractivity contribution in [3.8, 4) is 5.69 Å². The molecular formula is C30H36N6. The van der Waals surface area contributed by atoms with Crippen LogP contribution in [0.15, 0.2) is 78.4 Å². The van der Waals surface area contributed by atoms with Crippen LogP contribution in [-0.2, 0) is 0 Å². The zero-order valence-electron chi connectivity index (χ0n) is 21.6. The lowest BCUT2D eigenvalue weighted by molar-refractivity contribution is 0.0784. The zero-order chi connectivity index (χ0) is 24.9. The second kappa shape index (κ2) is 11.1. The smallest absolute Gasteiger partial charge is 0.174 e. The number of tetrazole rings is 1. The zero-order valence-corrected chi connectivity index (χ0v) is 21.6. The van der Waals surface area contributed by atoms with Crippen molar-refractivity contribution in [3.63, 3.8) is 0 Å². The van der Waals surface area contributed by atoms with Crippen molar-refractivity contribution in [1.29, 1.82) is 0 Å². The van der Waals surface area contributed by atoms with Crippen LogP contribution in [0.3, 0.4) is 0 Å². The Morgan fingerprint density at radius 2 is 1.69 bits per heavy atom. The third-order valence-electron chi connectivity index (χ3n) is 7.35. The van der Waals surface area contributed by atoms with Gasteiger partial charge >= 0.3 is 0 Å². The van der Waals surface area contributed by atoms with E-state index in [0.717, 1.165) is 50.7 Å². The van der Waals surface area contributed by atoms with Crippen LogP contribution in [-0.4, -0.2) is 62.7 Å². The number of benzene rings is 2. The molecule has 0 bridgehead atoms. The average molecular weight is 481 g/mol. The third-order valence-corrected chi connectivity index (χ3v) is 7.35. The number of nitrogens with zero attached hydrogens (tertiary/aromatic N) is 6. The van der Waals surface area contributed by atoms with E-state index < -0.39 is 0 Å². The van der Waals surface area contributed by atoms with E-state index in [-0.39, 0.29) is 6.04 Å². The molecule has 0 radical (unpaired) electrons. The molecule has 1 aliphatic carbocycles. The lowest BCUT2D eigenvalue weighted by Crippen LogP contribution is -2.49. The highest BCUT2D eigenvalue weighted by Gasteiger charge is 2.35. The lowest BCUT2D eigenvalue weighted by Gasteiger charge is -2.41. The van der Waals surface area contributed by atoms with E-state index in [1.807, 2.05) is 4.68 Å². The molecule has 2 atom stereocenters. The van der Waals surface area contributed by atoms with Gasteiger partial charge in [0, 0.05) is 38.6 Å². The number of allylic oxidation sites excluding steroid dienone is 3. The Bertz CT molecular complexity index is 1230. The van der Waals surface area contributed by atoms with Crippen molar-refractivity contribution in [1.82, 2.24) is 30.0 Å². The summed E-state index contributed by atoms with van der Waals surface area (Å²) in [4.78, 5) is 5.13. The topological polar surface area (TPSA) is 50.1 Å². The number of hydrogen-bond donors (Lipinski definition) is 0. The van der Waals surface area contributed by atoms with Crippen LogP contribution in [0.4, 0.5) is 0 Å². The molecule has 2 aliphatic rings. The molecule has 3 aromatic rings. The molecule has 5 rings (SSSR count). The van der Waals surface area contributed by atoms with E-state index in [9.17, 15) is 0 Å². The van der Waals surface area contributed by atoms with Gasteiger partial charge in [0.1, 0.15) is 0 Å². The monoisotopic (exact) mass is 480 g/mol. The number of rotatable bonds is 7. The van der Waals surface area contributed by atoms with E-state index in [2.05, 4.69) is 125 Å². The predicted molar refractivity (Wildman–Crippen MR) is 146 cm³/mol. The molecular weight excluding hydrogens is 444 g/mol. The van der Waals surface area contributed by atoms with Gasteiger partial charge in [-0.05, 0) is 54.3 Å². The summed E-state index contributed by atoms with van der Waals surface area (Å²) in [5.74, 6) is 1.28. The Morgan fingerprint density at radius 1 is 0.944 bits per heavy atom. The fourth-order valence-corrected chi connectivity index (χ4v) is 5.52. The van der Waals surface area contributed by atoms with Crippen LogP contribution in [0.25, 0.3) is 11.8 Å². The van der Waals surface area contributed by atoms with E-state index in [1.54, 1.807) is 0 Å². The standard InChI is InChI=1S/C30H36N6/c1-23-10-7-16-27(22-23)29(30-31-32-33-36(30)28-24(2)11-8-12-25(28)3)35-20-18-34(19-21-35)17-9-15-26-13-5-4-6-14-26/h4-15,22,27,29H,16-21H2,1-3H3/b15-9+/t27?,29-/m0/s1. The average Bonchev–Trinajstić information content (AvgIpc) is 3.34. The molecule has 6 nitrogen and oxygen atoms in total. The number of para-hydroxylation sites is 1. The molecule has 0 N–H and O–H groups in total. The second-order valence-electron chi connectivity index (χ2n) is 10.00. The Hall–Kier alpha value is -3.35. The Kier molecular flexibility index (Phi) is 7.54. The molecule has 2 aromatic carbocycles. The minimum Gasteiger partial charge on any atom is -0.297 e. The van der Waals surface area contributed by atoms with Gasteiger partial charge in [0.25, 0.3) is 0 Å². The van der Waals surface area contributed by atoms with Crippen molar-refractivity contribution >= 4 is 6.08 Å². The summed E-state index contributed by atoms with van der Waals surface area (Å²) < 4.78 is 1.99. The predicted octanol–water partition coefficient (Wildman–Crippen LogP) is 5.17. The molecule has 1 fully saturated rings. The summed E-state index contributed by atoms with van der Waals surface area (Å²) in [6.45, 7) is 11.5. The summed E-state index contributed by atoms with van der Waals surface area (Å²) in [5, 5.41) is 13.3. The van der Waals surface area contributed by atoms with Gasteiger partial charge in [-0.2, -0.15) is 4.68 Å². The van der Waals surface area contributed by atoms with Gasteiger partial charge in [-0.3, -0.25) is 9.80 Å². The Labute approximate surface area is 214 Å². The van der Waals surface area contributed by atoms with Gasteiger partial charge in [0.15, 0.2) is 5.82 Å². The summed E-state index contributed by atoms with van der Waals surface area (Å²) in [6, 6.07) is 17.0. The minimum absolute atomic E-state index is 0.126. The number of piperazine rings is 1. The van der Waals surface area contributed by atoms with Crippen LogP contribution >= 0.6 is 0 Å². The van der Waals surface area contributed by atoms with Gasteiger partial charge in [-0.25, -0.2) is 0 Å².